The van der Waals surface area contributed by atoms with Crippen molar-refractivity contribution in [1.82, 2.24) is 0 Å². The maximum absolute atomic E-state index is 13.2. The Morgan fingerprint density at radius 1 is 0.925 bits per heavy atom. The second kappa shape index (κ2) is 13.0. The van der Waals surface area contributed by atoms with Gasteiger partial charge in [0.25, 0.3) is 5.91 Å². The Labute approximate surface area is 235 Å². The molecule has 6 nitrogen and oxygen atoms in total. The van der Waals surface area contributed by atoms with Crippen LogP contribution in [0.2, 0.25) is 0 Å². The predicted molar refractivity (Wildman–Crippen MR) is 158 cm³/mol. The number of carbonyl (C=O) groups excluding carboxylic acids is 2. The van der Waals surface area contributed by atoms with Crippen molar-refractivity contribution in [3.05, 3.63) is 120 Å². The summed E-state index contributed by atoms with van der Waals surface area (Å²) in [6, 6.07) is 33.6. The lowest BCUT2D eigenvalue weighted by atomic mass is 9.88. The van der Waals surface area contributed by atoms with Gasteiger partial charge in [0, 0.05) is 24.6 Å². The molecule has 1 N–H and O–H groups in total. The second-order valence-corrected chi connectivity index (χ2v) is 9.84. The molecule has 0 aliphatic carbocycles. The fraction of sp³-hybridized carbons (Fsp3) is 0.235. The van der Waals surface area contributed by atoms with E-state index in [1.807, 2.05) is 66.7 Å². The van der Waals surface area contributed by atoms with Crippen LogP contribution in [-0.2, 0) is 16.0 Å². The van der Waals surface area contributed by atoms with Crippen molar-refractivity contribution in [3.8, 4) is 11.5 Å². The fourth-order valence-corrected chi connectivity index (χ4v) is 4.96. The summed E-state index contributed by atoms with van der Waals surface area (Å²) in [5.41, 5.74) is 4.72. The third kappa shape index (κ3) is 6.70. The van der Waals surface area contributed by atoms with E-state index in [-0.39, 0.29) is 24.3 Å². The van der Waals surface area contributed by atoms with Gasteiger partial charge in [-0.25, -0.2) is 0 Å². The minimum atomic E-state index is -0.114. The van der Waals surface area contributed by atoms with Gasteiger partial charge in [-0.05, 0) is 59.9 Å². The number of nitrogens with zero attached hydrogens (tertiary/aromatic N) is 1. The van der Waals surface area contributed by atoms with Crippen LogP contribution in [0.3, 0.4) is 0 Å². The minimum absolute atomic E-state index is 0.00608. The molecule has 0 spiro atoms. The number of amides is 2. The molecule has 5 rings (SSSR count). The molecule has 0 unspecified atom stereocenters. The van der Waals surface area contributed by atoms with Gasteiger partial charge in [-0.2, -0.15) is 0 Å². The van der Waals surface area contributed by atoms with E-state index >= 15 is 0 Å². The van der Waals surface area contributed by atoms with Gasteiger partial charge in [0.2, 0.25) is 5.91 Å². The van der Waals surface area contributed by atoms with E-state index in [1.165, 1.54) is 5.56 Å². The van der Waals surface area contributed by atoms with E-state index in [2.05, 4.69) is 48.6 Å². The lowest BCUT2D eigenvalue weighted by Gasteiger charge is -2.30. The Balaban J connectivity index is 1.24. The Morgan fingerprint density at radius 3 is 2.25 bits per heavy atom. The van der Waals surface area contributed by atoms with Crippen LogP contribution in [0, 0.1) is 0 Å². The fourth-order valence-electron chi connectivity index (χ4n) is 4.96. The number of ether oxygens (including phenoxy) is 2. The lowest BCUT2D eigenvalue weighted by molar-refractivity contribution is -0.121. The van der Waals surface area contributed by atoms with Crippen LogP contribution in [0.15, 0.2) is 103 Å². The van der Waals surface area contributed by atoms with Crippen molar-refractivity contribution >= 4 is 23.2 Å². The largest absolute Gasteiger partial charge is 0.494 e. The van der Waals surface area contributed by atoms with Gasteiger partial charge < -0.3 is 19.7 Å². The molecule has 0 radical (unpaired) electrons. The van der Waals surface area contributed by atoms with Gasteiger partial charge in [0.05, 0.1) is 12.3 Å². The van der Waals surface area contributed by atoms with Crippen molar-refractivity contribution in [1.29, 1.82) is 0 Å². The van der Waals surface area contributed by atoms with Crippen LogP contribution >= 0.6 is 0 Å². The molecule has 0 saturated carbocycles. The van der Waals surface area contributed by atoms with E-state index < -0.39 is 0 Å². The molecule has 40 heavy (non-hydrogen) atoms. The number of hydrogen-bond donors (Lipinski definition) is 1. The maximum atomic E-state index is 13.2. The number of nitrogens with one attached hydrogen (secondary N) is 1. The Bertz CT molecular complexity index is 1380. The highest BCUT2D eigenvalue weighted by Crippen LogP contribution is 2.35. The molecule has 4 aromatic carbocycles. The number of carbonyl (C=O) groups is 2. The molecule has 1 aliphatic heterocycles. The normalized spacial score (nSPS) is 12.6. The first-order valence-corrected chi connectivity index (χ1v) is 13.8. The number of anilines is 2. The third-order valence-corrected chi connectivity index (χ3v) is 7.11. The summed E-state index contributed by atoms with van der Waals surface area (Å²) in [7, 11) is 0. The first kappa shape index (κ1) is 27.0. The number of aryl methyl sites for hydroxylation is 1. The Hall–Kier alpha value is -4.58. The summed E-state index contributed by atoms with van der Waals surface area (Å²) in [6.45, 7) is 3.09. The third-order valence-electron chi connectivity index (χ3n) is 7.11. The molecule has 0 aromatic heterocycles. The molecule has 204 valence electrons. The summed E-state index contributed by atoms with van der Waals surface area (Å²) in [4.78, 5) is 27.7. The monoisotopic (exact) mass is 534 g/mol. The topological polar surface area (TPSA) is 67.9 Å². The number of rotatable bonds is 11. The lowest BCUT2D eigenvalue weighted by Crippen LogP contribution is -2.39. The summed E-state index contributed by atoms with van der Waals surface area (Å²) in [5.74, 6) is 1.16. The molecular weight excluding hydrogens is 500 g/mol. The number of fused-ring (bicyclic) bond motifs is 1. The van der Waals surface area contributed by atoms with Gasteiger partial charge in [0.15, 0.2) is 6.61 Å². The highest BCUT2D eigenvalue weighted by molar-refractivity contribution is 5.99. The van der Waals surface area contributed by atoms with E-state index in [9.17, 15) is 9.59 Å². The summed E-state index contributed by atoms with van der Waals surface area (Å²) >= 11 is 0. The van der Waals surface area contributed by atoms with Gasteiger partial charge in [-0.3, -0.25) is 9.59 Å². The van der Waals surface area contributed by atoms with Gasteiger partial charge in [-0.1, -0.05) is 79.7 Å². The number of benzene rings is 4. The van der Waals surface area contributed by atoms with Crippen LogP contribution in [-0.4, -0.2) is 31.6 Å². The molecule has 0 fully saturated rings. The standard InChI is InChI=1S/C34H34N2O4/c1-2-25-14-17-29(18-15-25)39-21-9-20-36-31-22-28(16-19-32(31)40-24-34(36)38)35-33(37)23-30(26-10-5-3-6-11-26)27-12-7-4-8-13-27/h3-8,10-19,22,30H,2,9,20-21,23-24H2,1H3,(H,35,37). The van der Waals surface area contributed by atoms with Crippen molar-refractivity contribution in [3.63, 3.8) is 0 Å². The molecule has 4 aromatic rings. The molecule has 6 heteroatoms. The van der Waals surface area contributed by atoms with E-state index in [1.54, 1.807) is 4.90 Å². The zero-order chi connectivity index (χ0) is 27.7. The van der Waals surface area contributed by atoms with Crippen molar-refractivity contribution < 1.29 is 19.1 Å². The maximum Gasteiger partial charge on any atom is 0.265 e. The van der Waals surface area contributed by atoms with Crippen LogP contribution in [0.1, 0.15) is 42.4 Å². The van der Waals surface area contributed by atoms with Crippen LogP contribution in [0.4, 0.5) is 11.4 Å². The van der Waals surface area contributed by atoms with Crippen molar-refractivity contribution in [2.45, 2.75) is 32.1 Å². The average Bonchev–Trinajstić information content (AvgIpc) is 3.00. The van der Waals surface area contributed by atoms with Crippen LogP contribution in [0.25, 0.3) is 0 Å². The van der Waals surface area contributed by atoms with Gasteiger partial charge in [-0.15, -0.1) is 0 Å². The first-order chi connectivity index (χ1) is 19.6. The molecule has 0 atom stereocenters. The van der Waals surface area contributed by atoms with E-state index in [4.69, 9.17) is 9.47 Å². The SMILES string of the molecule is CCc1ccc(OCCCN2C(=O)COc3ccc(NC(=O)CC(c4ccccc4)c4ccccc4)cc32)cc1. The van der Waals surface area contributed by atoms with Gasteiger partial charge in [0.1, 0.15) is 11.5 Å². The average molecular weight is 535 g/mol. The molecule has 0 bridgehead atoms. The molecular formula is C34H34N2O4. The smallest absolute Gasteiger partial charge is 0.265 e. The zero-order valence-corrected chi connectivity index (χ0v) is 22.7. The predicted octanol–water partition coefficient (Wildman–Crippen LogP) is 6.60. The molecule has 2 amide bonds. The Kier molecular flexibility index (Phi) is 8.76. The summed E-state index contributed by atoms with van der Waals surface area (Å²) in [5, 5.41) is 3.04. The van der Waals surface area contributed by atoms with E-state index in [0.717, 1.165) is 23.3 Å². The highest BCUT2D eigenvalue weighted by Gasteiger charge is 2.26. The zero-order valence-electron chi connectivity index (χ0n) is 22.7. The van der Waals surface area contributed by atoms with Crippen LogP contribution < -0.4 is 19.7 Å². The van der Waals surface area contributed by atoms with Gasteiger partial charge >= 0.3 is 0 Å². The first-order valence-electron chi connectivity index (χ1n) is 13.8. The van der Waals surface area contributed by atoms with Crippen LogP contribution in [0.5, 0.6) is 11.5 Å². The Morgan fingerprint density at radius 2 is 1.60 bits per heavy atom. The minimum Gasteiger partial charge on any atom is -0.494 e. The second-order valence-electron chi connectivity index (χ2n) is 9.84. The molecule has 1 heterocycles. The molecule has 0 saturated heterocycles. The summed E-state index contributed by atoms with van der Waals surface area (Å²) in [6.07, 6.45) is 1.94. The summed E-state index contributed by atoms with van der Waals surface area (Å²) < 4.78 is 11.5. The quantitative estimate of drug-likeness (QED) is 0.220. The van der Waals surface area contributed by atoms with E-state index in [0.29, 0.717) is 43.1 Å². The number of hydrogen-bond acceptors (Lipinski definition) is 4. The molecule has 1 aliphatic rings. The highest BCUT2D eigenvalue weighted by atomic mass is 16.5. The van der Waals surface area contributed by atoms with Crippen molar-refractivity contribution in [2.24, 2.45) is 0 Å². The van der Waals surface area contributed by atoms with Crippen molar-refractivity contribution in [2.75, 3.05) is 30.0 Å².